The summed E-state index contributed by atoms with van der Waals surface area (Å²) in [6, 6.07) is 0.699. The smallest absolute Gasteiger partial charge is 0.377 e. The Hall–Kier alpha value is 0.0469. The maximum atomic E-state index is 11.6. The molecule has 0 aromatic carbocycles. The highest BCUT2D eigenvalue weighted by Crippen LogP contribution is 2.15. The molecule has 102 valence electrons. The predicted octanol–water partition coefficient (Wildman–Crippen LogP) is 1.50. The van der Waals surface area contributed by atoms with Gasteiger partial charge in [-0.3, -0.25) is 4.79 Å². The first kappa shape index (κ1) is 17.0. The van der Waals surface area contributed by atoms with Crippen LogP contribution in [0, 0.1) is 0 Å². The molecule has 0 aromatic rings. The quantitative estimate of drug-likeness (QED) is 0.500. The highest BCUT2D eigenvalue weighted by molar-refractivity contribution is 9.10. The van der Waals surface area contributed by atoms with Gasteiger partial charge in [0.1, 0.15) is 0 Å². The Morgan fingerprint density at radius 1 is 1.29 bits per heavy atom. The van der Waals surface area contributed by atoms with Crippen LogP contribution in [-0.2, 0) is 18.1 Å². The Labute approximate surface area is 113 Å². The number of nitrogens with zero attached hydrogens (tertiary/aromatic N) is 1. The van der Waals surface area contributed by atoms with Crippen LogP contribution in [0.2, 0.25) is 6.04 Å². The second kappa shape index (κ2) is 8.20. The van der Waals surface area contributed by atoms with Crippen LogP contribution >= 0.6 is 15.9 Å². The van der Waals surface area contributed by atoms with Gasteiger partial charge in [0.15, 0.2) is 0 Å². The first-order valence-corrected chi connectivity index (χ1v) is 8.31. The molecule has 0 fully saturated rings. The molecular formula is C10H22BrNO4Si. The van der Waals surface area contributed by atoms with E-state index < -0.39 is 8.80 Å². The van der Waals surface area contributed by atoms with Crippen LogP contribution < -0.4 is 0 Å². The summed E-state index contributed by atoms with van der Waals surface area (Å²) >= 11 is 3.26. The lowest BCUT2D eigenvalue weighted by Crippen LogP contribution is -2.43. The maximum Gasteiger partial charge on any atom is 0.500 e. The maximum absolute atomic E-state index is 11.6. The Balaban J connectivity index is 4.09. The number of hydrogen-bond acceptors (Lipinski definition) is 4. The lowest BCUT2D eigenvalue weighted by atomic mass is 10.4. The van der Waals surface area contributed by atoms with Crippen molar-refractivity contribution in [3.63, 3.8) is 0 Å². The second-order valence-electron chi connectivity index (χ2n) is 3.77. The molecule has 0 heterocycles. The highest BCUT2D eigenvalue weighted by atomic mass is 79.9. The second-order valence-corrected chi connectivity index (χ2v) is 8.24. The van der Waals surface area contributed by atoms with Gasteiger partial charge < -0.3 is 18.2 Å². The van der Waals surface area contributed by atoms with Crippen LogP contribution in [0.4, 0.5) is 0 Å². The van der Waals surface area contributed by atoms with Gasteiger partial charge in [0.2, 0.25) is 5.91 Å². The third-order valence-electron chi connectivity index (χ3n) is 2.63. The molecule has 0 rings (SSSR count). The van der Waals surface area contributed by atoms with E-state index >= 15 is 0 Å². The zero-order valence-corrected chi connectivity index (χ0v) is 13.7. The molecule has 0 aliphatic carbocycles. The Morgan fingerprint density at radius 3 is 2.12 bits per heavy atom. The van der Waals surface area contributed by atoms with Crippen molar-refractivity contribution in [2.24, 2.45) is 0 Å². The lowest BCUT2D eigenvalue weighted by molar-refractivity contribution is -0.128. The van der Waals surface area contributed by atoms with E-state index in [1.165, 1.54) is 0 Å². The fourth-order valence-corrected chi connectivity index (χ4v) is 3.56. The van der Waals surface area contributed by atoms with Gasteiger partial charge in [-0.2, -0.15) is 0 Å². The lowest BCUT2D eigenvalue weighted by Gasteiger charge is -2.25. The molecule has 0 N–H and O–H groups in total. The Kier molecular flexibility index (Phi) is 8.22. The summed E-state index contributed by atoms with van der Waals surface area (Å²) in [5.41, 5.74) is 0. The minimum atomic E-state index is -2.50. The van der Waals surface area contributed by atoms with Crippen molar-refractivity contribution in [1.29, 1.82) is 0 Å². The molecular weight excluding hydrogens is 306 g/mol. The molecule has 1 atom stereocenters. The number of carbonyl (C=O) groups is 1. The van der Waals surface area contributed by atoms with Crippen LogP contribution in [0.5, 0.6) is 0 Å². The standard InChI is InChI=1S/C10H22BrNO4Si/c1-9(11)10(13)12(2)7-6-8-17(14-3,15-4)16-5/h9H,6-8H2,1-5H3. The van der Waals surface area contributed by atoms with E-state index in [0.29, 0.717) is 12.6 Å². The molecule has 0 saturated carbocycles. The molecule has 0 bridgehead atoms. The van der Waals surface area contributed by atoms with Gasteiger partial charge in [0.25, 0.3) is 0 Å². The molecule has 0 spiro atoms. The summed E-state index contributed by atoms with van der Waals surface area (Å²) in [4.78, 5) is 13.1. The van der Waals surface area contributed by atoms with Crippen LogP contribution in [-0.4, -0.2) is 59.4 Å². The van der Waals surface area contributed by atoms with Crippen LogP contribution in [0.15, 0.2) is 0 Å². The summed E-state index contributed by atoms with van der Waals surface area (Å²) in [6.07, 6.45) is 0.795. The minimum Gasteiger partial charge on any atom is -0.377 e. The molecule has 1 amide bonds. The van der Waals surface area contributed by atoms with E-state index in [-0.39, 0.29) is 10.7 Å². The molecule has 0 aromatic heterocycles. The number of amides is 1. The van der Waals surface area contributed by atoms with Gasteiger partial charge in [-0.15, -0.1) is 0 Å². The molecule has 0 aliphatic rings. The van der Waals surface area contributed by atoms with Gasteiger partial charge in [-0.1, -0.05) is 15.9 Å². The first-order valence-electron chi connectivity index (χ1n) is 5.47. The molecule has 1 unspecified atom stereocenters. The van der Waals surface area contributed by atoms with E-state index in [1.807, 2.05) is 6.92 Å². The average molecular weight is 328 g/mol. The SMILES string of the molecule is CO[Si](CCCN(C)C(=O)C(C)Br)(OC)OC. The van der Waals surface area contributed by atoms with Crippen LogP contribution in [0.3, 0.4) is 0 Å². The van der Waals surface area contributed by atoms with Gasteiger partial charge in [0, 0.05) is 41.0 Å². The monoisotopic (exact) mass is 327 g/mol. The highest BCUT2D eigenvalue weighted by Gasteiger charge is 2.37. The molecule has 7 heteroatoms. The minimum absolute atomic E-state index is 0.0736. The van der Waals surface area contributed by atoms with E-state index in [0.717, 1.165) is 6.42 Å². The Bertz CT molecular complexity index is 228. The average Bonchev–Trinajstić information content (AvgIpc) is 2.34. The molecule has 0 saturated heterocycles. The summed E-state index contributed by atoms with van der Waals surface area (Å²) in [6.45, 7) is 2.48. The fourth-order valence-electron chi connectivity index (χ4n) is 1.50. The van der Waals surface area contributed by atoms with E-state index in [1.54, 1.807) is 33.3 Å². The summed E-state index contributed by atoms with van der Waals surface area (Å²) in [5, 5.41) is 0. The van der Waals surface area contributed by atoms with Crippen molar-refractivity contribution < 1.29 is 18.1 Å². The fraction of sp³-hybridized carbons (Fsp3) is 0.900. The van der Waals surface area contributed by atoms with Gasteiger partial charge in [0.05, 0.1) is 4.83 Å². The van der Waals surface area contributed by atoms with Gasteiger partial charge in [-0.05, 0) is 13.3 Å². The topological polar surface area (TPSA) is 48.0 Å². The molecule has 5 nitrogen and oxygen atoms in total. The summed E-state index contributed by atoms with van der Waals surface area (Å²) < 4.78 is 15.9. The van der Waals surface area contributed by atoms with Crippen molar-refractivity contribution in [3.05, 3.63) is 0 Å². The van der Waals surface area contributed by atoms with Gasteiger partial charge in [-0.25, -0.2) is 0 Å². The van der Waals surface area contributed by atoms with Crippen molar-refractivity contribution in [2.45, 2.75) is 24.2 Å². The normalized spacial score (nSPS) is 13.5. The Morgan fingerprint density at radius 2 is 1.76 bits per heavy atom. The van der Waals surface area contributed by atoms with E-state index in [4.69, 9.17) is 13.3 Å². The summed E-state index contributed by atoms with van der Waals surface area (Å²) in [5.74, 6) is 0.0736. The first-order chi connectivity index (χ1) is 7.92. The van der Waals surface area contributed by atoms with Crippen molar-refractivity contribution in [2.75, 3.05) is 34.9 Å². The molecule has 0 radical (unpaired) electrons. The third kappa shape index (κ3) is 5.48. The number of halogens is 1. The van der Waals surface area contributed by atoms with E-state index in [9.17, 15) is 4.79 Å². The number of hydrogen-bond donors (Lipinski definition) is 0. The number of alkyl halides is 1. The largest absolute Gasteiger partial charge is 0.500 e. The van der Waals surface area contributed by atoms with Crippen molar-refractivity contribution in [3.8, 4) is 0 Å². The third-order valence-corrected chi connectivity index (χ3v) is 5.85. The number of carbonyl (C=O) groups excluding carboxylic acids is 1. The predicted molar refractivity (Wildman–Crippen MR) is 72.2 cm³/mol. The molecule has 17 heavy (non-hydrogen) atoms. The zero-order valence-electron chi connectivity index (χ0n) is 11.2. The van der Waals surface area contributed by atoms with Crippen LogP contribution in [0.1, 0.15) is 13.3 Å². The van der Waals surface area contributed by atoms with Crippen molar-refractivity contribution in [1.82, 2.24) is 4.90 Å². The zero-order chi connectivity index (χ0) is 13.5. The van der Waals surface area contributed by atoms with Crippen molar-refractivity contribution >= 4 is 30.6 Å². The van der Waals surface area contributed by atoms with Crippen LogP contribution in [0.25, 0.3) is 0 Å². The number of rotatable bonds is 8. The molecule has 0 aliphatic heterocycles. The summed E-state index contributed by atoms with van der Waals surface area (Å²) in [7, 11) is 4.07. The van der Waals surface area contributed by atoms with E-state index in [2.05, 4.69) is 15.9 Å². The van der Waals surface area contributed by atoms with Gasteiger partial charge >= 0.3 is 8.80 Å².